The van der Waals surface area contributed by atoms with Crippen molar-refractivity contribution in [2.45, 2.75) is 5.91 Å². The molecule has 0 aliphatic rings. The highest BCUT2D eigenvalue weighted by atomic mass is 16.7. The normalized spacial score (nSPS) is 11.0. The lowest BCUT2D eigenvalue weighted by molar-refractivity contribution is -1.01. The van der Waals surface area contributed by atoms with Crippen molar-refractivity contribution in [3.63, 3.8) is 0 Å². The van der Waals surface area contributed by atoms with Gasteiger partial charge in [0.2, 0.25) is 20.6 Å². The molecule has 132 valence electrons. The lowest BCUT2D eigenvalue weighted by atomic mass is 10.6. The van der Waals surface area contributed by atoms with Crippen molar-refractivity contribution in [3.8, 4) is 11.7 Å². The van der Waals surface area contributed by atoms with Crippen LogP contribution in [-0.2, 0) is 5.91 Å². The highest BCUT2D eigenvalue weighted by molar-refractivity contribution is 5.44. The molecule has 0 unspecified atom stereocenters. The Morgan fingerprint density at radius 3 is 2.00 bits per heavy atom. The van der Waals surface area contributed by atoms with Crippen molar-refractivity contribution >= 4 is 12.0 Å². The number of rotatable bonds is 7. The Bertz CT molecular complexity index is 846. The molecule has 0 bridgehead atoms. The van der Waals surface area contributed by atoms with E-state index in [1.54, 1.807) is 0 Å². The lowest BCUT2D eigenvalue weighted by Gasteiger charge is -2.08. The number of nitrogens with two attached hydrogens (primary N) is 1. The highest BCUT2D eigenvalue weighted by Gasteiger charge is 2.76. The molecule has 20 nitrogen and oxygen atoms in total. The topological polar surface area (TPSA) is 280 Å². The Hall–Kier alpha value is -4.52. The van der Waals surface area contributed by atoms with Gasteiger partial charge in [-0.1, -0.05) is 10.5 Å². The van der Waals surface area contributed by atoms with Crippen LogP contribution in [0, 0.1) is 40.5 Å². The summed E-state index contributed by atoms with van der Waals surface area (Å²) in [5.41, 5.74) is 6.34. The lowest BCUT2D eigenvalue weighted by Crippen LogP contribution is -2.56. The van der Waals surface area contributed by atoms with E-state index in [0.717, 1.165) is 0 Å². The number of nitrogens with zero attached hydrogens (tertiary/aromatic N) is 9. The molecule has 0 fully saturated rings. The van der Waals surface area contributed by atoms with Gasteiger partial charge in [-0.3, -0.25) is 30.3 Å². The average Bonchev–Trinajstić information content (AvgIpc) is 3.05. The molecule has 0 atom stereocenters. The molecule has 20 heteroatoms. The Kier molecular flexibility index (Phi) is 3.77. The molecule has 0 saturated carbocycles. The maximum absolute atomic E-state index is 11.1. The maximum Gasteiger partial charge on any atom is 0.824 e. The van der Waals surface area contributed by atoms with Crippen LogP contribution in [0.5, 0.6) is 0 Å². The van der Waals surface area contributed by atoms with E-state index >= 15 is 0 Å². The number of hydrogen-bond donors (Lipinski definition) is 2. The van der Waals surface area contributed by atoms with E-state index in [1.807, 2.05) is 0 Å². The quantitative estimate of drug-likeness (QED) is 0.303. The van der Waals surface area contributed by atoms with E-state index in [4.69, 9.17) is 5.73 Å². The summed E-state index contributed by atoms with van der Waals surface area (Å²) in [6.45, 7) is 0. The summed E-state index contributed by atoms with van der Waals surface area (Å²) in [5, 5.41) is 51.9. The minimum atomic E-state index is -4.35. The molecule has 0 aliphatic heterocycles. The first-order valence-electron chi connectivity index (χ1n) is 5.52. The fraction of sp³-hybridized carbons (Fsp3) is 0.200. The highest BCUT2D eigenvalue weighted by Crippen LogP contribution is 2.26. The van der Waals surface area contributed by atoms with Crippen LogP contribution < -0.4 is 11.2 Å². The summed E-state index contributed by atoms with van der Waals surface area (Å²) < 4.78 is 4.12. The predicted octanol–water partition coefficient (Wildman–Crippen LogP) is -2.09. The third kappa shape index (κ3) is 2.53. The molecule has 0 amide bonds. The number of nitrogen functional groups attached to an aromatic ring is 1. The SMILES string of the molecule is Nc1nnc(-c2nc(N[N+](=O)[O-])n(C([N+](=O)[O-])([N+](=O)[O-])[N+](=O)[O-])n2)o1. The number of nitrogens with one attached hydrogen (secondary N) is 1. The molecule has 2 heterocycles. The smallest absolute Gasteiger partial charge is 0.400 e. The summed E-state index contributed by atoms with van der Waals surface area (Å²) in [4.78, 5) is 41.2. The van der Waals surface area contributed by atoms with Gasteiger partial charge < -0.3 is 10.2 Å². The summed E-state index contributed by atoms with van der Waals surface area (Å²) in [6.07, 6.45) is 0. The van der Waals surface area contributed by atoms with Gasteiger partial charge in [0.05, 0.1) is 0 Å². The monoisotopic (exact) mass is 361 g/mol. The minimum absolute atomic E-state index is 0.522. The number of nitro groups is 4. The first-order valence-corrected chi connectivity index (χ1v) is 5.52. The van der Waals surface area contributed by atoms with Crippen molar-refractivity contribution in [2.75, 3.05) is 11.2 Å². The second-order valence-corrected chi connectivity index (χ2v) is 3.86. The zero-order valence-corrected chi connectivity index (χ0v) is 11.3. The second-order valence-electron chi connectivity index (χ2n) is 3.86. The van der Waals surface area contributed by atoms with Crippen molar-refractivity contribution < 1.29 is 24.2 Å². The van der Waals surface area contributed by atoms with Gasteiger partial charge in [-0.05, 0) is 4.68 Å². The van der Waals surface area contributed by atoms with E-state index in [1.165, 1.54) is 5.43 Å². The van der Waals surface area contributed by atoms with Crippen LogP contribution in [0.2, 0.25) is 0 Å². The van der Waals surface area contributed by atoms with Crippen LogP contribution in [-0.4, -0.2) is 44.8 Å². The van der Waals surface area contributed by atoms with Crippen LogP contribution in [0.3, 0.4) is 0 Å². The Morgan fingerprint density at radius 2 is 1.60 bits per heavy atom. The average molecular weight is 361 g/mol. The molecule has 2 rings (SSSR count). The van der Waals surface area contributed by atoms with E-state index in [9.17, 15) is 40.5 Å². The number of hydrogen-bond acceptors (Lipinski definition) is 14. The van der Waals surface area contributed by atoms with Gasteiger partial charge in [0, 0.05) is 0 Å². The first kappa shape index (κ1) is 16.8. The van der Waals surface area contributed by atoms with Crippen LogP contribution in [0.25, 0.3) is 11.7 Å². The molecular weight excluding hydrogens is 358 g/mol. The van der Waals surface area contributed by atoms with Crippen LogP contribution in [0.1, 0.15) is 0 Å². The molecule has 0 aromatic carbocycles. The van der Waals surface area contributed by atoms with E-state index < -0.39 is 54.1 Å². The molecule has 3 N–H and O–H groups in total. The van der Waals surface area contributed by atoms with Gasteiger partial charge in [-0.25, -0.2) is 10.1 Å². The second kappa shape index (κ2) is 5.60. The molecule has 0 saturated heterocycles. The van der Waals surface area contributed by atoms with E-state index in [-0.39, 0.29) is 0 Å². The largest absolute Gasteiger partial charge is 0.824 e. The molecule has 2 aromatic rings. The Morgan fingerprint density at radius 1 is 1.04 bits per heavy atom. The molecular formula is C5H3N11O9. The van der Waals surface area contributed by atoms with E-state index in [0.29, 0.717) is 0 Å². The number of aromatic nitrogens is 5. The van der Waals surface area contributed by atoms with Gasteiger partial charge in [0.25, 0.3) is 5.89 Å². The van der Waals surface area contributed by atoms with Crippen molar-refractivity contribution in [3.05, 3.63) is 40.5 Å². The number of anilines is 2. The van der Waals surface area contributed by atoms with Crippen LogP contribution >= 0.6 is 0 Å². The number of hydrazine groups is 1. The molecule has 0 aliphatic carbocycles. The molecule has 2 aromatic heterocycles. The minimum Gasteiger partial charge on any atom is -0.400 e. The zero-order valence-electron chi connectivity index (χ0n) is 11.3. The zero-order chi connectivity index (χ0) is 18.9. The summed E-state index contributed by atoms with van der Waals surface area (Å²) in [5.74, 6) is -7.16. The fourth-order valence-corrected chi connectivity index (χ4v) is 1.52. The maximum atomic E-state index is 11.1. The van der Waals surface area contributed by atoms with Crippen LogP contribution in [0.15, 0.2) is 4.42 Å². The van der Waals surface area contributed by atoms with Gasteiger partial charge >= 0.3 is 17.9 Å². The first-order chi connectivity index (χ1) is 11.6. The molecule has 0 spiro atoms. The molecule has 25 heavy (non-hydrogen) atoms. The summed E-state index contributed by atoms with van der Waals surface area (Å²) in [7, 11) is 0. The summed E-state index contributed by atoms with van der Waals surface area (Å²) in [6, 6.07) is -0.528. The van der Waals surface area contributed by atoms with Crippen LogP contribution in [0.4, 0.5) is 12.0 Å². The van der Waals surface area contributed by atoms with Crippen molar-refractivity contribution in [1.29, 1.82) is 0 Å². The molecule has 0 radical (unpaired) electrons. The Balaban J connectivity index is 2.78. The van der Waals surface area contributed by atoms with E-state index in [2.05, 4.69) is 24.7 Å². The van der Waals surface area contributed by atoms with Crippen molar-refractivity contribution in [2.24, 2.45) is 0 Å². The van der Waals surface area contributed by atoms with Gasteiger partial charge in [-0.15, -0.1) is 10.2 Å². The third-order valence-corrected chi connectivity index (χ3v) is 2.45. The predicted molar refractivity (Wildman–Crippen MR) is 67.3 cm³/mol. The standard InChI is InChI=1S/C5H3N11O9/c6-3-9-8-2(25-3)1-7-4(11-16(23)24)12(10-1)5(13(17)18,14(19)20)15(21)22/h(H2,6,9)(H,7,10,11). The third-order valence-electron chi connectivity index (χ3n) is 2.45. The van der Waals surface area contributed by atoms with Gasteiger partial charge in [-0.2, -0.15) is 4.98 Å². The van der Waals surface area contributed by atoms with Crippen molar-refractivity contribution in [1.82, 2.24) is 25.0 Å². The summed E-state index contributed by atoms with van der Waals surface area (Å²) >= 11 is 0. The van der Waals surface area contributed by atoms with Gasteiger partial charge in [0.15, 0.2) is 5.03 Å². The van der Waals surface area contributed by atoms with Gasteiger partial charge in [0.1, 0.15) is 0 Å². The fourth-order valence-electron chi connectivity index (χ4n) is 1.52. The Labute approximate surface area is 131 Å².